The van der Waals surface area contributed by atoms with Crippen molar-refractivity contribution >= 4 is 28.1 Å². The van der Waals surface area contributed by atoms with Crippen molar-refractivity contribution in [2.45, 2.75) is 0 Å². The minimum absolute atomic E-state index is 0.0257. The van der Waals surface area contributed by atoms with Crippen LogP contribution in [0.4, 0.5) is 10.8 Å². The second kappa shape index (κ2) is 9.02. The first-order valence-electron chi connectivity index (χ1n) is 8.36. The van der Waals surface area contributed by atoms with E-state index >= 15 is 0 Å². The average molecular weight is 415 g/mol. The number of hydrogen-bond donors (Lipinski definition) is 1. The summed E-state index contributed by atoms with van der Waals surface area (Å²) in [7, 11) is 3.10. The van der Waals surface area contributed by atoms with Gasteiger partial charge < -0.3 is 14.2 Å². The van der Waals surface area contributed by atoms with Crippen molar-refractivity contribution in [1.82, 2.24) is 4.98 Å². The number of hydrogen-bond acceptors (Lipinski definition) is 8. The number of rotatable bonds is 8. The molecule has 0 fully saturated rings. The number of ether oxygens (including phenoxy) is 3. The van der Waals surface area contributed by atoms with Gasteiger partial charge in [0.25, 0.3) is 5.91 Å². The third kappa shape index (κ3) is 4.79. The van der Waals surface area contributed by atoms with Crippen LogP contribution in [0.15, 0.2) is 47.8 Å². The Morgan fingerprint density at radius 1 is 1.14 bits per heavy atom. The highest BCUT2D eigenvalue weighted by atomic mass is 32.1. The van der Waals surface area contributed by atoms with Gasteiger partial charge in [-0.05, 0) is 24.3 Å². The standard InChI is InChI=1S/C19H17N3O6S/c1-26-16-8-7-12(9-17(16)27-2)13-11-29-19(20-13)21-18(23)10-28-15-6-4-3-5-14(15)22(24)25/h3-9,11H,10H2,1-2H3,(H,20,21,23). The van der Waals surface area contributed by atoms with E-state index in [1.807, 2.05) is 6.07 Å². The number of nitrogens with zero attached hydrogens (tertiary/aromatic N) is 2. The number of benzene rings is 2. The monoisotopic (exact) mass is 415 g/mol. The van der Waals surface area contributed by atoms with E-state index in [1.165, 1.54) is 29.5 Å². The van der Waals surface area contributed by atoms with Gasteiger partial charge in [-0.25, -0.2) is 4.98 Å². The molecule has 0 aliphatic carbocycles. The third-order valence-electron chi connectivity index (χ3n) is 3.85. The number of aromatic nitrogens is 1. The molecule has 0 saturated heterocycles. The molecular formula is C19H17N3O6S. The smallest absolute Gasteiger partial charge is 0.310 e. The summed E-state index contributed by atoms with van der Waals surface area (Å²) in [4.78, 5) is 26.9. The normalized spacial score (nSPS) is 10.3. The fraction of sp³-hybridized carbons (Fsp3) is 0.158. The summed E-state index contributed by atoms with van der Waals surface area (Å²) in [5.41, 5.74) is 1.26. The molecule has 150 valence electrons. The Morgan fingerprint density at radius 3 is 2.62 bits per heavy atom. The van der Waals surface area contributed by atoms with E-state index in [-0.39, 0.29) is 18.0 Å². The lowest BCUT2D eigenvalue weighted by Crippen LogP contribution is -2.20. The van der Waals surface area contributed by atoms with Crippen molar-refractivity contribution in [3.63, 3.8) is 0 Å². The highest BCUT2D eigenvalue weighted by Crippen LogP contribution is 2.33. The maximum Gasteiger partial charge on any atom is 0.310 e. The van der Waals surface area contributed by atoms with Crippen LogP contribution in [-0.4, -0.2) is 36.6 Å². The molecule has 10 heteroatoms. The fourth-order valence-corrected chi connectivity index (χ4v) is 3.22. The van der Waals surface area contributed by atoms with Crippen LogP contribution < -0.4 is 19.5 Å². The van der Waals surface area contributed by atoms with Gasteiger partial charge in [-0.3, -0.25) is 20.2 Å². The molecule has 0 saturated carbocycles. The first kappa shape index (κ1) is 20.1. The van der Waals surface area contributed by atoms with Crippen LogP contribution in [0.25, 0.3) is 11.3 Å². The van der Waals surface area contributed by atoms with Crippen molar-refractivity contribution in [2.75, 3.05) is 26.1 Å². The molecular weight excluding hydrogens is 398 g/mol. The Kier molecular flexibility index (Phi) is 6.25. The van der Waals surface area contributed by atoms with Crippen LogP contribution in [0.3, 0.4) is 0 Å². The number of nitrogens with one attached hydrogen (secondary N) is 1. The quantitative estimate of drug-likeness (QED) is 0.440. The number of thiazole rings is 1. The van der Waals surface area contributed by atoms with E-state index in [0.29, 0.717) is 22.3 Å². The Labute approximate surface area is 170 Å². The van der Waals surface area contributed by atoms with Crippen LogP contribution in [0.5, 0.6) is 17.2 Å². The molecule has 0 aliphatic rings. The molecule has 2 aromatic carbocycles. The zero-order valence-electron chi connectivity index (χ0n) is 15.6. The molecule has 3 rings (SSSR count). The largest absolute Gasteiger partial charge is 0.493 e. The number of nitro benzene ring substituents is 1. The highest BCUT2D eigenvalue weighted by molar-refractivity contribution is 7.14. The molecule has 1 aromatic heterocycles. The van der Waals surface area contributed by atoms with Gasteiger partial charge >= 0.3 is 5.69 Å². The molecule has 0 bridgehead atoms. The third-order valence-corrected chi connectivity index (χ3v) is 4.61. The average Bonchev–Trinajstić information content (AvgIpc) is 3.20. The maximum atomic E-state index is 12.1. The van der Waals surface area contributed by atoms with Crippen molar-refractivity contribution in [2.24, 2.45) is 0 Å². The van der Waals surface area contributed by atoms with E-state index in [2.05, 4.69) is 10.3 Å². The first-order valence-corrected chi connectivity index (χ1v) is 9.23. The van der Waals surface area contributed by atoms with Crippen molar-refractivity contribution < 1.29 is 23.9 Å². The Bertz CT molecular complexity index is 1040. The van der Waals surface area contributed by atoms with Gasteiger partial charge in [0.05, 0.1) is 24.8 Å². The molecule has 0 radical (unpaired) electrons. The van der Waals surface area contributed by atoms with Crippen LogP contribution >= 0.6 is 11.3 Å². The summed E-state index contributed by atoms with van der Waals surface area (Å²) in [5.74, 6) is 0.725. The number of methoxy groups -OCH3 is 2. The predicted molar refractivity (Wildman–Crippen MR) is 108 cm³/mol. The number of carbonyl (C=O) groups is 1. The number of anilines is 1. The van der Waals surface area contributed by atoms with Crippen LogP contribution in [-0.2, 0) is 4.79 Å². The van der Waals surface area contributed by atoms with E-state index in [0.717, 1.165) is 5.56 Å². The van der Waals surface area contributed by atoms with E-state index in [1.54, 1.807) is 37.8 Å². The Hall–Kier alpha value is -3.66. The van der Waals surface area contributed by atoms with Gasteiger partial charge in [-0.2, -0.15) is 0 Å². The molecule has 0 atom stereocenters. The van der Waals surface area contributed by atoms with E-state index in [9.17, 15) is 14.9 Å². The number of nitro groups is 1. The molecule has 0 unspecified atom stereocenters. The van der Waals surface area contributed by atoms with Crippen molar-refractivity contribution in [3.05, 3.63) is 58.0 Å². The lowest BCUT2D eigenvalue weighted by atomic mass is 10.1. The molecule has 9 nitrogen and oxygen atoms in total. The van der Waals surface area contributed by atoms with Gasteiger partial charge in [0.2, 0.25) is 0 Å². The lowest BCUT2D eigenvalue weighted by molar-refractivity contribution is -0.385. The van der Waals surface area contributed by atoms with Gasteiger partial charge in [0, 0.05) is 17.0 Å². The van der Waals surface area contributed by atoms with Gasteiger partial charge in [0.15, 0.2) is 29.0 Å². The molecule has 0 spiro atoms. The maximum absolute atomic E-state index is 12.1. The topological polar surface area (TPSA) is 113 Å². The molecule has 1 heterocycles. The van der Waals surface area contributed by atoms with Crippen LogP contribution in [0, 0.1) is 10.1 Å². The summed E-state index contributed by atoms with van der Waals surface area (Å²) >= 11 is 1.25. The molecule has 0 aliphatic heterocycles. The van der Waals surface area contributed by atoms with Crippen LogP contribution in [0.2, 0.25) is 0 Å². The lowest BCUT2D eigenvalue weighted by Gasteiger charge is -2.08. The minimum atomic E-state index is -0.566. The predicted octanol–water partition coefficient (Wildman–Crippen LogP) is 3.75. The van der Waals surface area contributed by atoms with Gasteiger partial charge in [-0.15, -0.1) is 11.3 Å². The second-order valence-electron chi connectivity index (χ2n) is 5.67. The Balaban J connectivity index is 1.65. The zero-order chi connectivity index (χ0) is 20.8. The molecule has 3 aromatic rings. The zero-order valence-corrected chi connectivity index (χ0v) is 16.4. The van der Waals surface area contributed by atoms with Gasteiger partial charge in [-0.1, -0.05) is 12.1 Å². The summed E-state index contributed by atoms with van der Waals surface area (Å²) < 4.78 is 15.8. The minimum Gasteiger partial charge on any atom is -0.493 e. The fourth-order valence-electron chi connectivity index (χ4n) is 2.49. The van der Waals surface area contributed by atoms with Crippen molar-refractivity contribution in [1.29, 1.82) is 0 Å². The number of para-hydroxylation sites is 2. The summed E-state index contributed by atoms with van der Waals surface area (Å²) in [6.45, 7) is -0.379. The Morgan fingerprint density at radius 2 is 1.90 bits per heavy atom. The van der Waals surface area contributed by atoms with Crippen LogP contribution in [0.1, 0.15) is 0 Å². The first-order chi connectivity index (χ1) is 14.0. The van der Waals surface area contributed by atoms with E-state index < -0.39 is 10.8 Å². The number of amides is 1. The summed E-state index contributed by atoms with van der Waals surface area (Å²) in [6, 6.07) is 11.3. The molecule has 1 amide bonds. The van der Waals surface area contributed by atoms with E-state index in [4.69, 9.17) is 14.2 Å². The second-order valence-corrected chi connectivity index (χ2v) is 6.53. The SMILES string of the molecule is COc1ccc(-c2csc(NC(=O)COc3ccccc3[N+](=O)[O-])n2)cc1OC. The summed E-state index contributed by atoms with van der Waals surface area (Å²) in [6.07, 6.45) is 0. The summed E-state index contributed by atoms with van der Waals surface area (Å²) in [5, 5.41) is 15.8. The molecule has 1 N–H and O–H groups in total. The van der Waals surface area contributed by atoms with Crippen molar-refractivity contribution in [3.8, 4) is 28.5 Å². The molecule has 29 heavy (non-hydrogen) atoms. The van der Waals surface area contributed by atoms with Gasteiger partial charge in [0.1, 0.15) is 0 Å². The highest BCUT2D eigenvalue weighted by Gasteiger charge is 2.16. The number of carbonyl (C=O) groups excluding carboxylic acids is 1.